The lowest BCUT2D eigenvalue weighted by atomic mass is 9.83. The average Bonchev–Trinajstić information content (AvgIpc) is 2.55. The molecule has 0 aromatic rings. The van der Waals surface area contributed by atoms with Gasteiger partial charge in [0.1, 0.15) is 5.78 Å². The maximum atomic E-state index is 12.0. The van der Waals surface area contributed by atoms with Gasteiger partial charge in [0.05, 0.1) is 0 Å². The molecule has 1 amide bonds. The second-order valence-corrected chi connectivity index (χ2v) is 7.91. The highest BCUT2D eigenvalue weighted by Gasteiger charge is 2.25. The maximum Gasteiger partial charge on any atom is 0.223 e. The number of ketones is 1. The Morgan fingerprint density at radius 2 is 1.68 bits per heavy atom. The molecule has 0 aliphatic carbocycles. The second kappa shape index (κ2) is 13.1. The van der Waals surface area contributed by atoms with Crippen molar-refractivity contribution in [3.8, 4) is 0 Å². The standard InChI is InChI=1S/C22H41NO2/c1-8-17(4)20(19(6)24)15-13-11-9-10-12-14-18(5)21(16(2)3)22(25)23-7/h12,14,16-18,20-21H,8-11,13,15H2,1-7H3,(H,23,25)/b14-12-/t17?,18?,20-,21?/m1/s1. The molecule has 0 saturated carbocycles. The van der Waals surface area contributed by atoms with Gasteiger partial charge < -0.3 is 5.32 Å². The Labute approximate surface area is 156 Å². The lowest BCUT2D eigenvalue weighted by Crippen LogP contribution is -2.34. The van der Waals surface area contributed by atoms with Crippen molar-refractivity contribution >= 4 is 11.7 Å². The summed E-state index contributed by atoms with van der Waals surface area (Å²) in [6.07, 6.45) is 11.0. The van der Waals surface area contributed by atoms with Crippen molar-refractivity contribution in [2.45, 2.75) is 80.1 Å². The molecule has 0 aromatic heterocycles. The van der Waals surface area contributed by atoms with Crippen LogP contribution in [0.15, 0.2) is 12.2 Å². The van der Waals surface area contributed by atoms with Crippen LogP contribution in [0.25, 0.3) is 0 Å². The van der Waals surface area contributed by atoms with Crippen LogP contribution in [-0.2, 0) is 9.59 Å². The largest absolute Gasteiger partial charge is 0.359 e. The van der Waals surface area contributed by atoms with Crippen LogP contribution in [0.5, 0.6) is 0 Å². The third-order valence-electron chi connectivity index (χ3n) is 5.51. The molecule has 0 saturated heterocycles. The monoisotopic (exact) mass is 351 g/mol. The van der Waals surface area contributed by atoms with E-state index in [1.54, 1.807) is 14.0 Å². The second-order valence-electron chi connectivity index (χ2n) is 7.91. The van der Waals surface area contributed by atoms with E-state index in [0.29, 0.717) is 17.6 Å². The number of carbonyl (C=O) groups excluding carboxylic acids is 2. The highest BCUT2D eigenvalue weighted by molar-refractivity contribution is 5.79. The van der Waals surface area contributed by atoms with Crippen LogP contribution in [-0.4, -0.2) is 18.7 Å². The molecule has 0 heterocycles. The van der Waals surface area contributed by atoms with Gasteiger partial charge in [0, 0.05) is 18.9 Å². The van der Waals surface area contributed by atoms with E-state index in [4.69, 9.17) is 0 Å². The molecule has 0 spiro atoms. The number of hydrogen-bond donors (Lipinski definition) is 1. The van der Waals surface area contributed by atoms with E-state index in [1.165, 1.54) is 6.42 Å². The molecule has 0 rings (SSSR count). The number of Topliss-reactive ketones (excluding diaryl/α,β-unsaturated/α-hetero) is 1. The minimum absolute atomic E-state index is 0.0353. The van der Waals surface area contributed by atoms with Crippen molar-refractivity contribution < 1.29 is 9.59 Å². The minimum atomic E-state index is 0.0353. The summed E-state index contributed by atoms with van der Waals surface area (Å²) < 4.78 is 0. The molecule has 0 aliphatic heterocycles. The number of unbranched alkanes of at least 4 members (excludes halogenated alkanes) is 3. The number of amides is 1. The topological polar surface area (TPSA) is 46.2 Å². The lowest BCUT2D eigenvalue weighted by molar-refractivity contribution is -0.127. The van der Waals surface area contributed by atoms with Crippen molar-refractivity contribution in [1.29, 1.82) is 0 Å². The first kappa shape index (κ1) is 23.9. The fraction of sp³-hybridized carbons (Fsp3) is 0.818. The van der Waals surface area contributed by atoms with E-state index in [9.17, 15) is 9.59 Å². The normalized spacial score (nSPS) is 16.6. The summed E-state index contributed by atoms with van der Waals surface area (Å²) in [6.45, 7) is 12.4. The Morgan fingerprint density at radius 3 is 2.16 bits per heavy atom. The quantitative estimate of drug-likeness (QED) is 0.357. The fourth-order valence-electron chi connectivity index (χ4n) is 3.72. The summed E-state index contributed by atoms with van der Waals surface area (Å²) in [6, 6.07) is 0. The Morgan fingerprint density at radius 1 is 1.04 bits per heavy atom. The van der Waals surface area contributed by atoms with Gasteiger partial charge in [-0.25, -0.2) is 0 Å². The van der Waals surface area contributed by atoms with Crippen molar-refractivity contribution in [3.63, 3.8) is 0 Å². The molecule has 3 heteroatoms. The van der Waals surface area contributed by atoms with Crippen molar-refractivity contribution in [2.24, 2.45) is 29.6 Å². The predicted octanol–water partition coefficient (Wildman–Crippen LogP) is 5.40. The summed E-state index contributed by atoms with van der Waals surface area (Å²) in [4.78, 5) is 23.7. The smallest absolute Gasteiger partial charge is 0.223 e. The van der Waals surface area contributed by atoms with Gasteiger partial charge in [0.2, 0.25) is 5.91 Å². The molecule has 1 N–H and O–H groups in total. The van der Waals surface area contributed by atoms with E-state index in [0.717, 1.165) is 32.1 Å². The van der Waals surface area contributed by atoms with Gasteiger partial charge in [-0.1, -0.05) is 66.0 Å². The lowest BCUT2D eigenvalue weighted by Gasteiger charge is -2.23. The molecule has 3 nitrogen and oxygen atoms in total. The van der Waals surface area contributed by atoms with Crippen LogP contribution in [0.3, 0.4) is 0 Å². The van der Waals surface area contributed by atoms with Gasteiger partial charge in [-0.2, -0.15) is 0 Å². The average molecular weight is 352 g/mol. The van der Waals surface area contributed by atoms with E-state index in [2.05, 4.69) is 52.1 Å². The number of carbonyl (C=O) groups is 2. The summed E-state index contributed by atoms with van der Waals surface area (Å²) in [5, 5.41) is 2.78. The van der Waals surface area contributed by atoms with Gasteiger partial charge in [-0.05, 0) is 43.9 Å². The first-order chi connectivity index (χ1) is 11.8. The van der Waals surface area contributed by atoms with Gasteiger partial charge >= 0.3 is 0 Å². The molecule has 4 atom stereocenters. The first-order valence-electron chi connectivity index (χ1n) is 10.1. The van der Waals surface area contributed by atoms with Crippen LogP contribution in [0.4, 0.5) is 0 Å². The molecule has 0 fully saturated rings. The number of allylic oxidation sites excluding steroid dienone is 2. The molecular weight excluding hydrogens is 310 g/mol. The Hall–Kier alpha value is -1.12. The van der Waals surface area contributed by atoms with Crippen LogP contribution in [0.2, 0.25) is 0 Å². The maximum absolute atomic E-state index is 12.0. The van der Waals surface area contributed by atoms with Crippen LogP contribution in [0.1, 0.15) is 80.1 Å². The SMILES string of the molecule is CCC(C)[C@@H](CCCCC/C=C\C(C)C(C(=O)NC)C(C)C)C(C)=O. The zero-order chi connectivity index (χ0) is 19.4. The Kier molecular flexibility index (Phi) is 12.5. The third kappa shape index (κ3) is 9.23. The zero-order valence-electron chi connectivity index (χ0n) is 17.6. The van der Waals surface area contributed by atoms with E-state index in [1.807, 2.05) is 0 Å². The Bertz CT molecular complexity index is 414. The van der Waals surface area contributed by atoms with Crippen LogP contribution < -0.4 is 5.32 Å². The van der Waals surface area contributed by atoms with Crippen LogP contribution in [0, 0.1) is 29.6 Å². The minimum Gasteiger partial charge on any atom is -0.359 e. The number of rotatable bonds is 13. The summed E-state index contributed by atoms with van der Waals surface area (Å²) in [5.74, 6) is 1.84. The molecule has 146 valence electrons. The van der Waals surface area contributed by atoms with E-state index in [-0.39, 0.29) is 23.7 Å². The highest BCUT2D eigenvalue weighted by atomic mass is 16.1. The van der Waals surface area contributed by atoms with E-state index >= 15 is 0 Å². The highest BCUT2D eigenvalue weighted by Crippen LogP contribution is 2.24. The van der Waals surface area contributed by atoms with Crippen molar-refractivity contribution in [1.82, 2.24) is 5.32 Å². The molecule has 0 aliphatic rings. The van der Waals surface area contributed by atoms with Gasteiger partial charge in [-0.3, -0.25) is 9.59 Å². The van der Waals surface area contributed by atoms with Crippen LogP contribution >= 0.6 is 0 Å². The fourth-order valence-corrected chi connectivity index (χ4v) is 3.72. The van der Waals surface area contributed by atoms with Crippen molar-refractivity contribution in [3.05, 3.63) is 12.2 Å². The van der Waals surface area contributed by atoms with E-state index < -0.39 is 0 Å². The molecule has 0 radical (unpaired) electrons. The molecule has 0 aromatic carbocycles. The summed E-state index contributed by atoms with van der Waals surface area (Å²) in [7, 11) is 1.71. The number of hydrogen-bond acceptors (Lipinski definition) is 2. The Balaban J connectivity index is 4.16. The predicted molar refractivity (Wildman–Crippen MR) is 107 cm³/mol. The zero-order valence-corrected chi connectivity index (χ0v) is 17.6. The molecule has 25 heavy (non-hydrogen) atoms. The molecule has 3 unspecified atom stereocenters. The summed E-state index contributed by atoms with van der Waals surface area (Å²) in [5.41, 5.74) is 0. The van der Waals surface area contributed by atoms with Gasteiger partial charge in [-0.15, -0.1) is 0 Å². The molecule has 0 bridgehead atoms. The van der Waals surface area contributed by atoms with Gasteiger partial charge in [0.25, 0.3) is 0 Å². The molecular formula is C22H41NO2. The third-order valence-corrected chi connectivity index (χ3v) is 5.51. The van der Waals surface area contributed by atoms with Gasteiger partial charge in [0.15, 0.2) is 0 Å². The number of nitrogens with one attached hydrogen (secondary N) is 1. The summed E-state index contributed by atoms with van der Waals surface area (Å²) >= 11 is 0. The first-order valence-corrected chi connectivity index (χ1v) is 10.1. The van der Waals surface area contributed by atoms with Crippen molar-refractivity contribution in [2.75, 3.05) is 7.05 Å².